The molecule has 6 heteroatoms. The van der Waals surface area contributed by atoms with Crippen LogP contribution in [0.3, 0.4) is 0 Å². The van der Waals surface area contributed by atoms with Gasteiger partial charge < -0.3 is 15.0 Å². The monoisotopic (exact) mass is 422 g/mol. The highest BCUT2D eigenvalue weighted by atomic mass is 16.5. The van der Waals surface area contributed by atoms with Gasteiger partial charge in [0, 0.05) is 18.7 Å². The predicted octanol–water partition coefficient (Wildman–Crippen LogP) is 3.60. The van der Waals surface area contributed by atoms with Gasteiger partial charge in [-0.2, -0.15) is 0 Å². The second-order valence-electron chi connectivity index (χ2n) is 8.41. The van der Waals surface area contributed by atoms with Crippen LogP contribution in [0.25, 0.3) is 0 Å². The van der Waals surface area contributed by atoms with Gasteiger partial charge in [0.2, 0.25) is 0 Å². The summed E-state index contributed by atoms with van der Waals surface area (Å²) in [4.78, 5) is 39.4. The third-order valence-corrected chi connectivity index (χ3v) is 5.49. The van der Waals surface area contributed by atoms with E-state index in [1.807, 2.05) is 36.4 Å². The molecule has 3 rings (SSSR count). The SMILES string of the molecule is CC1CC(C)CN(C(=O)COC(=O)CC(NC(=O)c2ccccc2)c2ccccc2)C1. The Labute approximate surface area is 183 Å². The van der Waals surface area contributed by atoms with Gasteiger partial charge in [0.05, 0.1) is 12.5 Å². The van der Waals surface area contributed by atoms with Crippen molar-refractivity contribution in [2.45, 2.75) is 32.7 Å². The largest absolute Gasteiger partial charge is 0.455 e. The Morgan fingerprint density at radius 2 is 1.55 bits per heavy atom. The number of hydrogen-bond donors (Lipinski definition) is 1. The van der Waals surface area contributed by atoms with E-state index in [2.05, 4.69) is 19.2 Å². The molecular formula is C25H30N2O4. The summed E-state index contributed by atoms with van der Waals surface area (Å²) in [5, 5.41) is 2.91. The van der Waals surface area contributed by atoms with Gasteiger partial charge in [-0.15, -0.1) is 0 Å². The van der Waals surface area contributed by atoms with Gasteiger partial charge in [-0.05, 0) is 36.0 Å². The van der Waals surface area contributed by atoms with Gasteiger partial charge >= 0.3 is 5.97 Å². The fourth-order valence-corrected chi connectivity index (χ4v) is 4.09. The summed E-state index contributed by atoms with van der Waals surface area (Å²) < 4.78 is 5.29. The van der Waals surface area contributed by atoms with Crippen LogP contribution in [0.15, 0.2) is 60.7 Å². The highest BCUT2D eigenvalue weighted by Crippen LogP contribution is 2.21. The van der Waals surface area contributed by atoms with Crippen molar-refractivity contribution in [1.29, 1.82) is 0 Å². The van der Waals surface area contributed by atoms with Crippen molar-refractivity contribution < 1.29 is 19.1 Å². The van der Waals surface area contributed by atoms with E-state index in [1.165, 1.54) is 0 Å². The van der Waals surface area contributed by atoms with Crippen LogP contribution < -0.4 is 5.32 Å². The summed E-state index contributed by atoms with van der Waals surface area (Å²) in [6.45, 7) is 5.37. The summed E-state index contributed by atoms with van der Waals surface area (Å²) in [5.74, 6) is -0.0715. The van der Waals surface area contributed by atoms with Crippen LogP contribution in [0.1, 0.15) is 48.7 Å². The van der Waals surface area contributed by atoms with Crippen molar-refractivity contribution in [1.82, 2.24) is 10.2 Å². The first-order valence-electron chi connectivity index (χ1n) is 10.8. The molecule has 2 aromatic carbocycles. The van der Waals surface area contributed by atoms with Gasteiger partial charge in [-0.1, -0.05) is 62.4 Å². The number of ether oxygens (including phenoxy) is 1. The topological polar surface area (TPSA) is 75.7 Å². The maximum absolute atomic E-state index is 12.6. The van der Waals surface area contributed by atoms with Gasteiger partial charge in [-0.3, -0.25) is 14.4 Å². The van der Waals surface area contributed by atoms with Crippen molar-refractivity contribution in [3.63, 3.8) is 0 Å². The lowest BCUT2D eigenvalue weighted by Gasteiger charge is -2.34. The number of carbonyl (C=O) groups excluding carboxylic acids is 3. The zero-order chi connectivity index (χ0) is 22.2. The Balaban J connectivity index is 1.59. The van der Waals surface area contributed by atoms with Crippen LogP contribution in [0, 0.1) is 11.8 Å². The zero-order valence-corrected chi connectivity index (χ0v) is 18.1. The van der Waals surface area contributed by atoms with Gasteiger partial charge in [0.1, 0.15) is 0 Å². The summed E-state index contributed by atoms with van der Waals surface area (Å²) in [6.07, 6.45) is 1.05. The summed E-state index contributed by atoms with van der Waals surface area (Å²) in [7, 11) is 0. The lowest BCUT2D eigenvalue weighted by molar-refractivity contribution is -0.153. The number of amides is 2. The predicted molar refractivity (Wildman–Crippen MR) is 118 cm³/mol. The molecule has 2 amide bonds. The fourth-order valence-electron chi connectivity index (χ4n) is 4.09. The third-order valence-electron chi connectivity index (χ3n) is 5.49. The third kappa shape index (κ3) is 6.67. The van der Waals surface area contributed by atoms with E-state index < -0.39 is 12.0 Å². The molecule has 0 saturated carbocycles. The molecular weight excluding hydrogens is 392 g/mol. The quantitative estimate of drug-likeness (QED) is 0.692. The summed E-state index contributed by atoms with van der Waals surface area (Å²) in [5.41, 5.74) is 1.31. The summed E-state index contributed by atoms with van der Waals surface area (Å²) in [6, 6.07) is 17.6. The maximum atomic E-state index is 12.6. The van der Waals surface area contributed by atoms with Gasteiger partial charge in [0.15, 0.2) is 6.61 Å². The zero-order valence-electron chi connectivity index (χ0n) is 18.1. The van der Waals surface area contributed by atoms with Crippen LogP contribution >= 0.6 is 0 Å². The number of hydrogen-bond acceptors (Lipinski definition) is 4. The Hall–Kier alpha value is -3.15. The molecule has 3 atom stereocenters. The molecule has 0 aliphatic carbocycles. The highest BCUT2D eigenvalue weighted by molar-refractivity contribution is 5.94. The number of carbonyl (C=O) groups is 3. The normalized spacial score (nSPS) is 19.4. The first-order chi connectivity index (χ1) is 14.9. The van der Waals surface area contributed by atoms with E-state index >= 15 is 0 Å². The number of likely N-dealkylation sites (tertiary alicyclic amines) is 1. The van der Waals surface area contributed by atoms with E-state index in [-0.39, 0.29) is 24.8 Å². The van der Waals surface area contributed by atoms with E-state index in [4.69, 9.17) is 4.74 Å². The lowest BCUT2D eigenvalue weighted by atomic mass is 9.92. The van der Waals surface area contributed by atoms with Crippen LogP contribution in [0.4, 0.5) is 0 Å². The molecule has 1 aliphatic rings. The molecule has 0 bridgehead atoms. The van der Waals surface area contributed by atoms with Crippen LogP contribution in [0.5, 0.6) is 0 Å². The Bertz CT molecular complexity index is 875. The standard InChI is InChI=1S/C25H30N2O4/c1-18-13-19(2)16-27(15-18)23(28)17-31-24(29)14-22(20-9-5-3-6-10-20)26-25(30)21-11-7-4-8-12-21/h3-12,18-19,22H,13-17H2,1-2H3,(H,26,30). The van der Waals surface area contributed by atoms with Crippen molar-refractivity contribution in [2.24, 2.45) is 11.8 Å². The van der Waals surface area contributed by atoms with E-state index in [0.717, 1.165) is 12.0 Å². The second kappa shape index (κ2) is 10.8. The average Bonchev–Trinajstić information content (AvgIpc) is 2.77. The molecule has 31 heavy (non-hydrogen) atoms. The minimum atomic E-state index is -0.550. The van der Waals surface area contributed by atoms with Crippen molar-refractivity contribution in [3.8, 4) is 0 Å². The van der Waals surface area contributed by atoms with Crippen molar-refractivity contribution in [3.05, 3.63) is 71.8 Å². The van der Waals surface area contributed by atoms with E-state index in [9.17, 15) is 14.4 Å². The number of nitrogens with one attached hydrogen (secondary N) is 1. The number of benzene rings is 2. The van der Waals surface area contributed by atoms with Gasteiger partial charge in [-0.25, -0.2) is 0 Å². The number of rotatable bonds is 7. The molecule has 2 aromatic rings. The number of nitrogens with zero attached hydrogens (tertiary/aromatic N) is 1. The minimum absolute atomic E-state index is 0.0529. The lowest BCUT2D eigenvalue weighted by Crippen LogP contribution is -2.44. The average molecular weight is 423 g/mol. The van der Waals surface area contributed by atoms with Gasteiger partial charge in [0.25, 0.3) is 11.8 Å². The van der Waals surface area contributed by atoms with Crippen molar-refractivity contribution in [2.75, 3.05) is 19.7 Å². The number of piperidine rings is 1. The van der Waals surface area contributed by atoms with Crippen LogP contribution in [-0.4, -0.2) is 42.4 Å². The van der Waals surface area contributed by atoms with E-state index in [0.29, 0.717) is 30.5 Å². The first-order valence-corrected chi connectivity index (χ1v) is 10.8. The number of esters is 1. The van der Waals surface area contributed by atoms with Crippen LogP contribution in [0.2, 0.25) is 0 Å². The van der Waals surface area contributed by atoms with Crippen LogP contribution in [-0.2, 0) is 14.3 Å². The Morgan fingerprint density at radius 1 is 0.968 bits per heavy atom. The molecule has 6 nitrogen and oxygen atoms in total. The molecule has 1 N–H and O–H groups in total. The first kappa shape index (κ1) is 22.5. The molecule has 1 saturated heterocycles. The Kier molecular flexibility index (Phi) is 7.82. The van der Waals surface area contributed by atoms with E-state index in [1.54, 1.807) is 29.2 Å². The molecule has 1 aliphatic heterocycles. The molecule has 1 fully saturated rings. The molecule has 1 heterocycles. The molecule has 0 spiro atoms. The molecule has 164 valence electrons. The maximum Gasteiger partial charge on any atom is 0.308 e. The highest BCUT2D eigenvalue weighted by Gasteiger charge is 2.26. The molecule has 3 unspecified atom stereocenters. The smallest absolute Gasteiger partial charge is 0.308 e. The minimum Gasteiger partial charge on any atom is -0.455 e. The van der Waals surface area contributed by atoms with Crippen molar-refractivity contribution >= 4 is 17.8 Å². The Morgan fingerprint density at radius 3 is 2.16 bits per heavy atom. The summed E-state index contributed by atoms with van der Waals surface area (Å²) >= 11 is 0. The molecule has 0 aromatic heterocycles. The molecule has 0 radical (unpaired) electrons. The fraction of sp³-hybridized carbons (Fsp3) is 0.400. The second-order valence-corrected chi connectivity index (χ2v) is 8.41.